The molecule has 0 aliphatic carbocycles. The van der Waals surface area contributed by atoms with Gasteiger partial charge in [0.05, 0.1) is 0 Å². The maximum absolute atomic E-state index is 12.4. The Balaban J connectivity index is 1.47. The van der Waals surface area contributed by atoms with Gasteiger partial charge in [-0.2, -0.15) is 0 Å². The first kappa shape index (κ1) is 14.8. The normalized spacial score (nSPS) is 14.8. The summed E-state index contributed by atoms with van der Waals surface area (Å²) in [5.74, 6) is -0.114. The van der Waals surface area contributed by atoms with Crippen LogP contribution in [0.4, 0.5) is 11.4 Å². The van der Waals surface area contributed by atoms with Gasteiger partial charge in [0.25, 0.3) is 5.91 Å². The largest absolute Gasteiger partial charge is 0.372 e. The number of anilines is 2. The molecule has 1 aromatic heterocycles. The lowest BCUT2D eigenvalue weighted by atomic mass is 10.1. The summed E-state index contributed by atoms with van der Waals surface area (Å²) in [6.07, 6.45) is 3.85. The molecular weight excluding hydrogens is 298 g/mol. The van der Waals surface area contributed by atoms with Crippen molar-refractivity contribution in [2.45, 2.75) is 19.3 Å². The van der Waals surface area contributed by atoms with E-state index in [1.807, 2.05) is 42.5 Å². The Kier molecular flexibility index (Phi) is 3.95. The standard InChI is InChI=1S/C20H21N3O/c24-20(19-14-15-6-2-3-7-18(15)22-19)21-16-8-10-17(11-9-16)23-12-4-1-5-13-23/h2-3,6-11,14,22H,1,4-5,12-13H2,(H,21,24). The summed E-state index contributed by atoms with van der Waals surface area (Å²) in [4.78, 5) is 18.0. The van der Waals surface area contributed by atoms with Crippen LogP contribution in [0.25, 0.3) is 10.9 Å². The summed E-state index contributed by atoms with van der Waals surface area (Å²) in [6.45, 7) is 2.25. The Morgan fingerprint density at radius 1 is 0.958 bits per heavy atom. The number of hydrogen-bond donors (Lipinski definition) is 2. The van der Waals surface area contributed by atoms with Crippen LogP contribution in [-0.4, -0.2) is 24.0 Å². The summed E-state index contributed by atoms with van der Waals surface area (Å²) in [5, 5.41) is 4.01. The lowest BCUT2D eigenvalue weighted by Gasteiger charge is -2.28. The van der Waals surface area contributed by atoms with E-state index in [0.717, 1.165) is 29.7 Å². The zero-order valence-corrected chi connectivity index (χ0v) is 13.6. The molecule has 0 atom stereocenters. The maximum Gasteiger partial charge on any atom is 0.272 e. The van der Waals surface area contributed by atoms with Crippen molar-refractivity contribution in [2.24, 2.45) is 0 Å². The second kappa shape index (κ2) is 6.40. The van der Waals surface area contributed by atoms with Gasteiger partial charge in [0.15, 0.2) is 0 Å². The van der Waals surface area contributed by atoms with Gasteiger partial charge in [-0.25, -0.2) is 0 Å². The number of hydrogen-bond acceptors (Lipinski definition) is 2. The van der Waals surface area contributed by atoms with E-state index in [-0.39, 0.29) is 5.91 Å². The first-order chi connectivity index (χ1) is 11.8. The number of benzene rings is 2. The summed E-state index contributed by atoms with van der Waals surface area (Å²) in [5.41, 5.74) is 3.61. The minimum Gasteiger partial charge on any atom is -0.372 e. The molecule has 4 nitrogen and oxygen atoms in total. The minimum absolute atomic E-state index is 0.114. The molecule has 1 saturated heterocycles. The zero-order chi connectivity index (χ0) is 16.4. The van der Waals surface area contributed by atoms with E-state index in [4.69, 9.17) is 0 Å². The Morgan fingerprint density at radius 2 is 1.71 bits per heavy atom. The van der Waals surface area contributed by atoms with Crippen LogP contribution in [0, 0.1) is 0 Å². The second-order valence-electron chi connectivity index (χ2n) is 6.32. The van der Waals surface area contributed by atoms with Crippen LogP contribution in [-0.2, 0) is 0 Å². The molecule has 0 bridgehead atoms. The van der Waals surface area contributed by atoms with Crippen LogP contribution in [0.1, 0.15) is 29.8 Å². The van der Waals surface area contributed by atoms with Gasteiger partial charge in [0.2, 0.25) is 0 Å². The van der Waals surface area contributed by atoms with Crippen LogP contribution in [0.15, 0.2) is 54.6 Å². The lowest BCUT2D eigenvalue weighted by molar-refractivity contribution is 0.102. The molecule has 2 heterocycles. The summed E-state index contributed by atoms with van der Waals surface area (Å²) < 4.78 is 0. The third-order valence-electron chi connectivity index (χ3n) is 4.62. The van der Waals surface area contributed by atoms with E-state index in [0.29, 0.717) is 5.69 Å². The Hall–Kier alpha value is -2.75. The molecule has 1 amide bonds. The second-order valence-corrected chi connectivity index (χ2v) is 6.32. The van der Waals surface area contributed by atoms with Crippen molar-refractivity contribution in [1.82, 2.24) is 4.98 Å². The van der Waals surface area contributed by atoms with Crippen molar-refractivity contribution in [2.75, 3.05) is 23.3 Å². The molecule has 2 aromatic carbocycles. The predicted molar refractivity (Wildman–Crippen MR) is 98.8 cm³/mol. The Morgan fingerprint density at radius 3 is 2.46 bits per heavy atom. The van der Waals surface area contributed by atoms with Gasteiger partial charge in [-0.3, -0.25) is 4.79 Å². The first-order valence-corrected chi connectivity index (χ1v) is 8.54. The van der Waals surface area contributed by atoms with E-state index in [1.165, 1.54) is 24.9 Å². The van der Waals surface area contributed by atoms with E-state index >= 15 is 0 Å². The van der Waals surface area contributed by atoms with Crippen LogP contribution in [0.2, 0.25) is 0 Å². The van der Waals surface area contributed by atoms with Crippen molar-refractivity contribution in [3.63, 3.8) is 0 Å². The van der Waals surface area contributed by atoms with E-state index in [9.17, 15) is 4.79 Å². The van der Waals surface area contributed by atoms with Crippen molar-refractivity contribution in [1.29, 1.82) is 0 Å². The third kappa shape index (κ3) is 3.00. The fourth-order valence-corrected chi connectivity index (χ4v) is 3.30. The molecule has 0 spiro atoms. The average molecular weight is 319 g/mol. The number of nitrogens with one attached hydrogen (secondary N) is 2. The highest BCUT2D eigenvalue weighted by atomic mass is 16.1. The number of amides is 1. The molecule has 1 aliphatic heterocycles. The van der Waals surface area contributed by atoms with Gasteiger partial charge < -0.3 is 15.2 Å². The van der Waals surface area contributed by atoms with Crippen LogP contribution >= 0.6 is 0 Å². The van der Waals surface area contributed by atoms with Gasteiger partial charge in [0, 0.05) is 35.4 Å². The smallest absolute Gasteiger partial charge is 0.272 e. The van der Waals surface area contributed by atoms with Gasteiger partial charge in [-0.1, -0.05) is 18.2 Å². The topological polar surface area (TPSA) is 48.1 Å². The minimum atomic E-state index is -0.114. The fraction of sp³-hybridized carbons (Fsp3) is 0.250. The SMILES string of the molecule is O=C(Nc1ccc(N2CCCCC2)cc1)c1cc2ccccc2[nH]1. The number of aromatic nitrogens is 1. The van der Waals surface area contributed by atoms with Gasteiger partial charge in [0.1, 0.15) is 5.69 Å². The lowest BCUT2D eigenvalue weighted by Crippen LogP contribution is -2.29. The molecule has 122 valence electrons. The number of rotatable bonds is 3. The first-order valence-electron chi connectivity index (χ1n) is 8.54. The van der Waals surface area contributed by atoms with E-state index in [2.05, 4.69) is 27.3 Å². The molecule has 0 unspecified atom stereocenters. The number of nitrogens with zero attached hydrogens (tertiary/aromatic N) is 1. The summed E-state index contributed by atoms with van der Waals surface area (Å²) >= 11 is 0. The average Bonchev–Trinajstić information content (AvgIpc) is 3.07. The fourth-order valence-electron chi connectivity index (χ4n) is 3.30. The number of para-hydroxylation sites is 1. The highest BCUT2D eigenvalue weighted by molar-refractivity contribution is 6.05. The molecule has 1 aliphatic rings. The number of H-pyrrole nitrogens is 1. The van der Waals surface area contributed by atoms with E-state index < -0.39 is 0 Å². The van der Waals surface area contributed by atoms with Crippen molar-refractivity contribution in [3.8, 4) is 0 Å². The Bertz CT molecular complexity index is 812. The number of piperidine rings is 1. The number of fused-ring (bicyclic) bond motifs is 1. The molecular formula is C20H21N3O. The van der Waals surface area contributed by atoms with Gasteiger partial charge >= 0.3 is 0 Å². The van der Waals surface area contributed by atoms with E-state index in [1.54, 1.807) is 0 Å². The third-order valence-corrected chi connectivity index (χ3v) is 4.62. The van der Waals surface area contributed by atoms with Gasteiger partial charge in [-0.05, 0) is 55.7 Å². The molecule has 4 rings (SSSR count). The van der Waals surface area contributed by atoms with Crippen molar-refractivity contribution >= 4 is 28.2 Å². The Labute approximate surface area is 141 Å². The zero-order valence-electron chi connectivity index (χ0n) is 13.6. The quantitative estimate of drug-likeness (QED) is 0.751. The maximum atomic E-state index is 12.4. The van der Waals surface area contributed by atoms with Crippen molar-refractivity contribution in [3.05, 3.63) is 60.3 Å². The number of carbonyl (C=O) groups excluding carboxylic acids is 1. The highest BCUT2D eigenvalue weighted by Crippen LogP contribution is 2.22. The summed E-state index contributed by atoms with van der Waals surface area (Å²) in [6, 6.07) is 17.9. The molecule has 3 aromatic rings. The number of aromatic amines is 1. The molecule has 0 saturated carbocycles. The molecule has 1 fully saturated rings. The van der Waals surface area contributed by atoms with Crippen LogP contribution in [0.5, 0.6) is 0 Å². The van der Waals surface area contributed by atoms with Crippen LogP contribution < -0.4 is 10.2 Å². The summed E-state index contributed by atoms with van der Waals surface area (Å²) in [7, 11) is 0. The molecule has 2 N–H and O–H groups in total. The van der Waals surface area contributed by atoms with Crippen molar-refractivity contribution < 1.29 is 4.79 Å². The van der Waals surface area contributed by atoms with Crippen LogP contribution in [0.3, 0.4) is 0 Å². The molecule has 0 radical (unpaired) electrons. The monoisotopic (exact) mass is 319 g/mol. The highest BCUT2D eigenvalue weighted by Gasteiger charge is 2.12. The predicted octanol–water partition coefficient (Wildman–Crippen LogP) is 4.41. The number of carbonyl (C=O) groups is 1. The molecule has 24 heavy (non-hydrogen) atoms. The van der Waals surface area contributed by atoms with Gasteiger partial charge in [-0.15, -0.1) is 0 Å². The molecule has 4 heteroatoms.